The number of rotatable bonds is 4. The molecule has 2 nitrogen and oxygen atoms in total. The van der Waals surface area contributed by atoms with Crippen LogP contribution in [0.2, 0.25) is 0 Å². The molecule has 0 radical (unpaired) electrons. The van der Waals surface area contributed by atoms with Crippen molar-refractivity contribution in [1.82, 2.24) is 5.32 Å². The summed E-state index contributed by atoms with van der Waals surface area (Å²) in [5, 5.41) is 2.82. The Kier molecular flexibility index (Phi) is 4.95. The van der Waals surface area contributed by atoms with Crippen LogP contribution in [0.3, 0.4) is 0 Å². The molecule has 1 rings (SSSR count). The van der Waals surface area contributed by atoms with Crippen LogP contribution in [0.15, 0.2) is 22.7 Å². The Labute approximate surface area is 114 Å². The molecule has 0 atom stereocenters. The molecule has 1 amide bonds. The molecule has 94 valence electrons. The number of halogens is 3. The standard InChI is InChI=1S/C12H14BrClFNO/c1-12(2,3-4-14)16-11(17)8-5-9(13)7-10(15)6-8/h5-7H,3-4H2,1-2H3,(H,16,17). The van der Waals surface area contributed by atoms with Gasteiger partial charge in [-0.25, -0.2) is 4.39 Å². The van der Waals surface area contributed by atoms with Crippen LogP contribution in [0, 0.1) is 5.82 Å². The second kappa shape index (κ2) is 5.83. The van der Waals surface area contributed by atoms with Gasteiger partial charge in [-0.05, 0) is 38.5 Å². The minimum absolute atomic E-state index is 0.291. The molecule has 0 spiro atoms. The van der Waals surface area contributed by atoms with Crippen LogP contribution in [0.5, 0.6) is 0 Å². The predicted molar refractivity (Wildman–Crippen MR) is 71.0 cm³/mol. The normalized spacial score (nSPS) is 11.4. The van der Waals surface area contributed by atoms with Gasteiger partial charge in [0.1, 0.15) is 5.82 Å². The molecule has 1 aromatic carbocycles. The van der Waals surface area contributed by atoms with E-state index in [1.165, 1.54) is 12.1 Å². The monoisotopic (exact) mass is 321 g/mol. The quantitative estimate of drug-likeness (QED) is 0.841. The van der Waals surface area contributed by atoms with Crippen LogP contribution in [0.4, 0.5) is 4.39 Å². The lowest BCUT2D eigenvalue weighted by molar-refractivity contribution is 0.0911. The van der Waals surface area contributed by atoms with Crippen molar-refractivity contribution in [3.05, 3.63) is 34.1 Å². The Balaban J connectivity index is 2.83. The fourth-order valence-corrected chi connectivity index (χ4v) is 2.30. The molecule has 17 heavy (non-hydrogen) atoms. The van der Waals surface area contributed by atoms with E-state index in [0.717, 1.165) is 0 Å². The van der Waals surface area contributed by atoms with Crippen molar-refractivity contribution < 1.29 is 9.18 Å². The van der Waals surface area contributed by atoms with E-state index in [1.807, 2.05) is 13.8 Å². The first kappa shape index (κ1) is 14.5. The second-order valence-corrected chi connectivity index (χ2v) is 5.73. The summed E-state index contributed by atoms with van der Waals surface area (Å²) in [6, 6.07) is 4.09. The maximum Gasteiger partial charge on any atom is 0.251 e. The van der Waals surface area contributed by atoms with Gasteiger partial charge >= 0.3 is 0 Å². The Morgan fingerprint density at radius 3 is 2.65 bits per heavy atom. The van der Waals surface area contributed by atoms with Crippen molar-refractivity contribution in [2.75, 3.05) is 5.88 Å². The Hall–Kier alpha value is -0.610. The number of amides is 1. The van der Waals surface area contributed by atoms with E-state index in [9.17, 15) is 9.18 Å². The van der Waals surface area contributed by atoms with Gasteiger partial charge in [0.15, 0.2) is 0 Å². The van der Waals surface area contributed by atoms with Crippen LogP contribution in [-0.2, 0) is 0 Å². The summed E-state index contributed by atoms with van der Waals surface area (Å²) in [5.41, 5.74) is -0.114. The van der Waals surface area contributed by atoms with Crippen LogP contribution in [0.25, 0.3) is 0 Å². The summed E-state index contributed by atoms with van der Waals surface area (Å²) in [7, 11) is 0. The molecule has 0 saturated heterocycles. The zero-order chi connectivity index (χ0) is 13.1. The Bertz CT molecular complexity index is 403. The fourth-order valence-electron chi connectivity index (χ4n) is 1.36. The topological polar surface area (TPSA) is 29.1 Å². The van der Waals surface area contributed by atoms with Gasteiger partial charge in [0, 0.05) is 21.5 Å². The van der Waals surface area contributed by atoms with E-state index in [4.69, 9.17) is 11.6 Å². The average molecular weight is 323 g/mol. The lowest BCUT2D eigenvalue weighted by Gasteiger charge is -2.25. The third-order valence-corrected chi connectivity index (χ3v) is 2.94. The van der Waals surface area contributed by atoms with Crippen molar-refractivity contribution >= 4 is 33.4 Å². The number of alkyl halides is 1. The minimum atomic E-state index is -0.445. The number of benzene rings is 1. The van der Waals surface area contributed by atoms with Crippen LogP contribution in [0.1, 0.15) is 30.6 Å². The van der Waals surface area contributed by atoms with Crippen LogP contribution < -0.4 is 5.32 Å². The summed E-state index contributed by atoms with van der Waals surface area (Å²) < 4.78 is 13.7. The lowest BCUT2D eigenvalue weighted by atomic mass is 10.0. The van der Waals surface area contributed by atoms with Crippen molar-refractivity contribution in [2.24, 2.45) is 0 Å². The number of carbonyl (C=O) groups is 1. The SMILES string of the molecule is CC(C)(CCCl)NC(=O)c1cc(F)cc(Br)c1. The molecule has 0 aliphatic carbocycles. The predicted octanol–water partition coefficient (Wildman–Crippen LogP) is 3.73. The van der Waals surface area contributed by atoms with E-state index in [2.05, 4.69) is 21.2 Å². The molecule has 1 aromatic rings. The van der Waals surface area contributed by atoms with Gasteiger partial charge in [-0.2, -0.15) is 0 Å². The number of hydrogen-bond donors (Lipinski definition) is 1. The summed E-state index contributed by atoms with van der Waals surface area (Å²) >= 11 is 8.80. The molecule has 5 heteroatoms. The Morgan fingerprint density at radius 2 is 2.12 bits per heavy atom. The smallest absolute Gasteiger partial charge is 0.251 e. The van der Waals surface area contributed by atoms with Gasteiger partial charge in [0.05, 0.1) is 0 Å². The first-order valence-electron chi connectivity index (χ1n) is 5.18. The molecule has 1 N–H and O–H groups in total. The highest BCUT2D eigenvalue weighted by atomic mass is 79.9. The number of carbonyl (C=O) groups excluding carboxylic acids is 1. The molecular formula is C12H14BrClFNO. The molecule has 0 bridgehead atoms. The zero-order valence-corrected chi connectivity index (χ0v) is 12.0. The van der Waals surface area contributed by atoms with Crippen LogP contribution in [-0.4, -0.2) is 17.3 Å². The second-order valence-electron chi connectivity index (χ2n) is 4.44. The minimum Gasteiger partial charge on any atom is -0.347 e. The molecule has 0 aliphatic heterocycles. The van der Waals surface area contributed by atoms with Gasteiger partial charge in [-0.1, -0.05) is 15.9 Å². The highest BCUT2D eigenvalue weighted by molar-refractivity contribution is 9.10. The molecule has 0 unspecified atom stereocenters. The van der Waals surface area contributed by atoms with Crippen molar-refractivity contribution in [1.29, 1.82) is 0 Å². The fraction of sp³-hybridized carbons (Fsp3) is 0.417. The number of hydrogen-bond acceptors (Lipinski definition) is 1. The third-order valence-electron chi connectivity index (χ3n) is 2.30. The van der Waals surface area contributed by atoms with E-state index in [-0.39, 0.29) is 5.91 Å². The molecular weight excluding hydrogens is 308 g/mol. The maximum absolute atomic E-state index is 13.1. The van der Waals surface area contributed by atoms with Gasteiger partial charge in [-0.15, -0.1) is 11.6 Å². The maximum atomic E-state index is 13.1. The molecule has 0 aromatic heterocycles. The summed E-state index contributed by atoms with van der Waals surface area (Å²) in [5.74, 6) is -0.292. The first-order chi connectivity index (χ1) is 7.84. The average Bonchev–Trinajstić information content (AvgIpc) is 2.14. The summed E-state index contributed by atoms with van der Waals surface area (Å²) in [6.45, 7) is 3.75. The molecule has 0 saturated carbocycles. The van der Waals surface area contributed by atoms with E-state index in [1.54, 1.807) is 6.07 Å². The highest BCUT2D eigenvalue weighted by Gasteiger charge is 2.20. The zero-order valence-electron chi connectivity index (χ0n) is 9.69. The van der Waals surface area contributed by atoms with Gasteiger partial charge in [-0.3, -0.25) is 4.79 Å². The largest absolute Gasteiger partial charge is 0.347 e. The van der Waals surface area contributed by atoms with Gasteiger partial charge in [0.2, 0.25) is 0 Å². The van der Waals surface area contributed by atoms with E-state index in [0.29, 0.717) is 22.3 Å². The number of nitrogens with one attached hydrogen (secondary N) is 1. The van der Waals surface area contributed by atoms with Crippen LogP contribution >= 0.6 is 27.5 Å². The lowest BCUT2D eigenvalue weighted by Crippen LogP contribution is -2.43. The summed E-state index contributed by atoms with van der Waals surface area (Å²) in [4.78, 5) is 11.9. The van der Waals surface area contributed by atoms with E-state index < -0.39 is 11.4 Å². The van der Waals surface area contributed by atoms with Gasteiger partial charge < -0.3 is 5.32 Å². The Morgan fingerprint density at radius 1 is 1.47 bits per heavy atom. The van der Waals surface area contributed by atoms with Crippen molar-refractivity contribution in [3.63, 3.8) is 0 Å². The van der Waals surface area contributed by atoms with Gasteiger partial charge in [0.25, 0.3) is 5.91 Å². The van der Waals surface area contributed by atoms with Crippen molar-refractivity contribution in [3.8, 4) is 0 Å². The first-order valence-corrected chi connectivity index (χ1v) is 6.51. The molecule has 0 fully saturated rings. The van der Waals surface area contributed by atoms with Crippen molar-refractivity contribution in [2.45, 2.75) is 25.8 Å². The molecule has 0 heterocycles. The molecule has 0 aliphatic rings. The van der Waals surface area contributed by atoms with E-state index >= 15 is 0 Å². The highest BCUT2D eigenvalue weighted by Crippen LogP contribution is 2.16. The summed E-state index contributed by atoms with van der Waals surface area (Å²) in [6.07, 6.45) is 0.650. The third kappa shape index (κ3) is 4.64.